The molecule has 4 atom stereocenters. The van der Waals surface area contributed by atoms with Gasteiger partial charge < -0.3 is 30.2 Å². The topological polar surface area (TPSA) is 130 Å². The van der Waals surface area contributed by atoms with Gasteiger partial charge in [0.15, 0.2) is 23.5 Å². The first-order chi connectivity index (χ1) is 18.9. The standard InChI is InChI=1S/C29H41N7O4/c1-28(2,3)19-10-8-18(9-11-19)14-21(37)31-12-7-13-35(6)15-20-23-24(40-29(4,5)39-23)27(38-20)36-17-34-22-25(30)32-16-33-26(22)36/h8-11,16-17,20,23-24,27H,7,12-15H2,1-6H3,(H,31,37)(H2,30,32,33)/t20-,23-,24-,27-/m1/s1. The van der Waals surface area contributed by atoms with Crippen molar-refractivity contribution in [1.82, 2.24) is 29.7 Å². The van der Waals surface area contributed by atoms with E-state index in [1.807, 2.05) is 37.6 Å². The van der Waals surface area contributed by atoms with E-state index < -0.39 is 12.0 Å². The van der Waals surface area contributed by atoms with Crippen molar-refractivity contribution < 1.29 is 19.0 Å². The lowest BCUT2D eigenvalue weighted by molar-refractivity contribution is -0.197. The van der Waals surface area contributed by atoms with Gasteiger partial charge in [-0.1, -0.05) is 45.0 Å². The molecule has 3 aromatic rings. The van der Waals surface area contributed by atoms with Crippen molar-refractivity contribution in [3.05, 3.63) is 48.0 Å². The second kappa shape index (κ2) is 11.0. The molecule has 2 fully saturated rings. The van der Waals surface area contributed by atoms with Gasteiger partial charge in [-0.2, -0.15) is 0 Å². The molecule has 0 unspecified atom stereocenters. The summed E-state index contributed by atoms with van der Waals surface area (Å²) in [7, 11) is 2.05. The van der Waals surface area contributed by atoms with E-state index in [0.29, 0.717) is 36.5 Å². The monoisotopic (exact) mass is 551 g/mol. The lowest BCUT2D eigenvalue weighted by Crippen LogP contribution is -2.39. The van der Waals surface area contributed by atoms with Crippen LogP contribution in [-0.4, -0.2) is 81.1 Å². The number of nitrogens with zero attached hydrogens (tertiary/aromatic N) is 5. The van der Waals surface area contributed by atoms with E-state index in [4.69, 9.17) is 19.9 Å². The molecule has 1 aromatic carbocycles. The Morgan fingerprint density at radius 2 is 1.85 bits per heavy atom. The Morgan fingerprint density at radius 1 is 1.12 bits per heavy atom. The number of likely N-dealkylation sites (N-methyl/N-ethyl adjacent to an activating group) is 1. The largest absolute Gasteiger partial charge is 0.382 e. The van der Waals surface area contributed by atoms with Gasteiger partial charge in [0.05, 0.1) is 12.7 Å². The second-order valence-corrected chi connectivity index (χ2v) is 12.3. The molecular weight excluding hydrogens is 510 g/mol. The lowest BCUT2D eigenvalue weighted by Gasteiger charge is -2.27. The number of hydrogen-bond donors (Lipinski definition) is 2. The summed E-state index contributed by atoms with van der Waals surface area (Å²) in [4.78, 5) is 27.5. The quantitative estimate of drug-likeness (QED) is 0.386. The molecule has 11 heteroatoms. The maximum atomic E-state index is 12.5. The van der Waals surface area contributed by atoms with Gasteiger partial charge in [0.2, 0.25) is 5.91 Å². The number of rotatable bonds is 9. The van der Waals surface area contributed by atoms with E-state index in [2.05, 4.69) is 58.1 Å². The molecule has 0 spiro atoms. The highest BCUT2D eigenvalue weighted by molar-refractivity contribution is 5.81. The number of fused-ring (bicyclic) bond motifs is 2. The first-order valence-electron chi connectivity index (χ1n) is 13.9. The van der Waals surface area contributed by atoms with Crippen molar-refractivity contribution in [2.45, 2.75) is 83.2 Å². The summed E-state index contributed by atoms with van der Waals surface area (Å²) in [5, 5.41) is 3.05. The molecule has 0 aliphatic carbocycles. The van der Waals surface area contributed by atoms with Crippen molar-refractivity contribution in [1.29, 1.82) is 0 Å². The molecular formula is C29H41N7O4. The lowest BCUT2D eigenvalue weighted by atomic mass is 9.86. The summed E-state index contributed by atoms with van der Waals surface area (Å²) in [6.45, 7) is 12.4. The summed E-state index contributed by atoms with van der Waals surface area (Å²) in [6, 6.07) is 8.30. The average molecular weight is 552 g/mol. The molecule has 0 bridgehead atoms. The number of anilines is 1. The van der Waals surface area contributed by atoms with Crippen molar-refractivity contribution in [3.8, 4) is 0 Å². The highest BCUT2D eigenvalue weighted by Gasteiger charge is 2.56. The van der Waals surface area contributed by atoms with Gasteiger partial charge >= 0.3 is 0 Å². The zero-order valence-electron chi connectivity index (χ0n) is 24.3. The molecule has 5 rings (SSSR count). The number of amides is 1. The molecule has 0 radical (unpaired) electrons. The predicted octanol–water partition coefficient (Wildman–Crippen LogP) is 2.80. The van der Waals surface area contributed by atoms with Crippen molar-refractivity contribution in [3.63, 3.8) is 0 Å². The summed E-state index contributed by atoms with van der Waals surface area (Å²) < 4.78 is 20.9. The van der Waals surface area contributed by atoms with Crippen molar-refractivity contribution >= 4 is 22.9 Å². The Labute approximate surface area is 235 Å². The first kappa shape index (κ1) is 28.4. The highest BCUT2D eigenvalue weighted by atomic mass is 16.8. The molecule has 40 heavy (non-hydrogen) atoms. The molecule has 0 saturated carbocycles. The average Bonchev–Trinajstić information content (AvgIpc) is 3.54. The fourth-order valence-corrected chi connectivity index (χ4v) is 5.43. The van der Waals surface area contributed by atoms with E-state index >= 15 is 0 Å². The van der Waals surface area contributed by atoms with E-state index in [0.717, 1.165) is 18.5 Å². The Kier molecular flexibility index (Phi) is 7.84. The summed E-state index contributed by atoms with van der Waals surface area (Å²) >= 11 is 0. The maximum Gasteiger partial charge on any atom is 0.224 e. The number of ether oxygens (including phenoxy) is 3. The van der Waals surface area contributed by atoms with E-state index in [1.54, 1.807) is 6.33 Å². The van der Waals surface area contributed by atoms with Crippen LogP contribution in [0.3, 0.4) is 0 Å². The molecule has 2 aliphatic rings. The first-order valence-corrected chi connectivity index (χ1v) is 13.9. The van der Waals surface area contributed by atoms with Gasteiger partial charge in [-0.15, -0.1) is 0 Å². The van der Waals surface area contributed by atoms with Crippen LogP contribution >= 0.6 is 0 Å². The fraction of sp³-hybridized carbons (Fsp3) is 0.586. The Bertz CT molecular complexity index is 1330. The number of imidazole rings is 1. The van der Waals surface area contributed by atoms with Crippen molar-refractivity contribution in [2.24, 2.45) is 0 Å². The van der Waals surface area contributed by atoms with Crippen LogP contribution in [0.15, 0.2) is 36.9 Å². The van der Waals surface area contributed by atoms with Crippen molar-refractivity contribution in [2.75, 3.05) is 32.4 Å². The molecule has 11 nitrogen and oxygen atoms in total. The number of carbonyl (C=O) groups excluding carboxylic acids is 1. The minimum atomic E-state index is -0.726. The van der Waals surface area contributed by atoms with Crippen LogP contribution in [0.5, 0.6) is 0 Å². The maximum absolute atomic E-state index is 12.5. The van der Waals surface area contributed by atoms with Gasteiger partial charge in [0, 0.05) is 13.1 Å². The van der Waals surface area contributed by atoms with E-state index in [9.17, 15) is 4.79 Å². The van der Waals surface area contributed by atoms with Crippen LogP contribution in [0.2, 0.25) is 0 Å². The molecule has 216 valence electrons. The Morgan fingerprint density at radius 3 is 2.58 bits per heavy atom. The number of nitrogen functional groups attached to an aromatic ring is 1. The third-order valence-electron chi connectivity index (χ3n) is 7.50. The smallest absolute Gasteiger partial charge is 0.224 e. The highest BCUT2D eigenvalue weighted by Crippen LogP contribution is 2.44. The number of hydrogen-bond acceptors (Lipinski definition) is 9. The van der Waals surface area contributed by atoms with Crippen LogP contribution in [0.1, 0.15) is 58.4 Å². The zero-order valence-corrected chi connectivity index (χ0v) is 24.3. The predicted molar refractivity (Wildman–Crippen MR) is 151 cm³/mol. The fourth-order valence-electron chi connectivity index (χ4n) is 5.43. The third kappa shape index (κ3) is 6.12. The van der Waals surface area contributed by atoms with E-state index in [-0.39, 0.29) is 29.6 Å². The molecule has 2 saturated heterocycles. The third-order valence-corrected chi connectivity index (χ3v) is 7.50. The normalized spacial score (nSPS) is 24.1. The zero-order chi connectivity index (χ0) is 28.7. The van der Waals surface area contributed by atoms with Crippen LogP contribution in [0, 0.1) is 0 Å². The minimum Gasteiger partial charge on any atom is -0.382 e. The number of nitrogens with one attached hydrogen (secondary N) is 1. The van der Waals surface area contributed by atoms with E-state index in [1.165, 1.54) is 11.9 Å². The second-order valence-electron chi connectivity index (χ2n) is 12.3. The summed E-state index contributed by atoms with van der Waals surface area (Å²) in [5.41, 5.74) is 9.50. The number of benzene rings is 1. The minimum absolute atomic E-state index is 0.0340. The Hall–Kier alpha value is -3.12. The van der Waals surface area contributed by atoms with Gasteiger partial charge in [0.1, 0.15) is 30.2 Å². The summed E-state index contributed by atoms with van der Waals surface area (Å²) in [5.74, 6) is -0.369. The molecule has 2 aliphatic heterocycles. The number of nitrogens with two attached hydrogens (primary N) is 1. The molecule has 2 aromatic heterocycles. The SMILES string of the molecule is CN(CCCNC(=O)Cc1ccc(C(C)(C)C)cc1)C[C@H]1O[C@@H](n2cnc3c(N)ncnc32)[C@@H]2OC(C)(C)O[C@@H]21. The number of aromatic nitrogens is 4. The summed E-state index contributed by atoms with van der Waals surface area (Å²) in [6.07, 6.45) is 3.05. The van der Waals surface area contributed by atoms with Gasteiger partial charge in [-0.25, -0.2) is 15.0 Å². The van der Waals surface area contributed by atoms with Gasteiger partial charge in [0.25, 0.3) is 0 Å². The molecule has 3 N–H and O–H groups in total. The van der Waals surface area contributed by atoms with Crippen LogP contribution in [0.4, 0.5) is 5.82 Å². The number of carbonyl (C=O) groups is 1. The van der Waals surface area contributed by atoms with Crippen LogP contribution in [0.25, 0.3) is 11.2 Å². The van der Waals surface area contributed by atoms with Gasteiger partial charge in [-0.05, 0) is 50.4 Å². The van der Waals surface area contributed by atoms with Crippen LogP contribution in [-0.2, 0) is 30.8 Å². The molecule has 4 heterocycles. The van der Waals surface area contributed by atoms with Crippen LogP contribution < -0.4 is 11.1 Å². The van der Waals surface area contributed by atoms with Gasteiger partial charge in [-0.3, -0.25) is 9.36 Å². The molecule has 1 amide bonds. The Balaban J connectivity index is 1.12.